The molecular weight excluding hydrogens is 516 g/mol. The second-order valence-corrected chi connectivity index (χ2v) is 8.43. The summed E-state index contributed by atoms with van der Waals surface area (Å²) in [6, 6.07) is 19.4. The van der Waals surface area contributed by atoms with Crippen LogP contribution in [0, 0.1) is 6.92 Å². The van der Waals surface area contributed by atoms with Crippen LogP contribution in [0.4, 0.5) is 11.4 Å². The van der Waals surface area contributed by atoms with Crippen molar-refractivity contribution in [2.75, 3.05) is 24.4 Å². The number of carbonyl (C=O) groups excluding carboxylic acids is 3. The van der Waals surface area contributed by atoms with E-state index in [1.807, 2.05) is 13.0 Å². The summed E-state index contributed by atoms with van der Waals surface area (Å²) >= 11 is 3.36. The summed E-state index contributed by atoms with van der Waals surface area (Å²) in [4.78, 5) is 36.1. The van der Waals surface area contributed by atoms with Crippen LogP contribution in [0.5, 0.6) is 17.2 Å². The van der Waals surface area contributed by atoms with Gasteiger partial charge in [-0.25, -0.2) is 0 Å². The van der Waals surface area contributed by atoms with Crippen LogP contribution in [0.1, 0.15) is 18.4 Å². The Morgan fingerprint density at radius 1 is 0.800 bits per heavy atom. The largest absolute Gasteiger partial charge is 0.497 e. The van der Waals surface area contributed by atoms with E-state index in [2.05, 4.69) is 26.6 Å². The number of hydrogen-bond donors (Lipinski definition) is 2. The zero-order chi connectivity index (χ0) is 25.2. The van der Waals surface area contributed by atoms with E-state index >= 15 is 0 Å². The van der Waals surface area contributed by atoms with Crippen LogP contribution in [0.15, 0.2) is 71.2 Å². The highest BCUT2D eigenvalue weighted by Crippen LogP contribution is 2.25. The van der Waals surface area contributed by atoms with E-state index in [-0.39, 0.29) is 18.7 Å². The smallest absolute Gasteiger partial charge is 0.306 e. The average molecular weight is 541 g/mol. The molecule has 35 heavy (non-hydrogen) atoms. The summed E-state index contributed by atoms with van der Waals surface area (Å²) in [6.45, 7) is 1.43. The standard InChI is InChI=1S/C26H25BrN2O6/c1-17-15-18(27)3-12-23(17)29-25(31)16-34-26(32)14-13-24(30)28-19-4-6-21(7-5-19)35-22-10-8-20(33-2)9-11-22/h3-12,15H,13-14,16H2,1-2H3,(H,28,30)(H,29,31). The number of carbonyl (C=O) groups is 3. The molecule has 182 valence electrons. The summed E-state index contributed by atoms with van der Waals surface area (Å²) in [6.07, 6.45) is -0.217. The molecule has 3 aromatic carbocycles. The van der Waals surface area contributed by atoms with Gasteiger partial charge in [0.15, 0.2) is 6.61 Å². The van der Waals surface area contributed by atoms with E-state index in [1.165, 1.54) is 0 Å². The summed E-state index contributed by atoms with van der Waals surface area (Å²) in [5, 5.41) is 5.39. The van der Waals surface area contributed by atoms with Crippen LogP contribution in [-0.2, 0) is 19.1 Å². The molecule has 0 saturated carbocycles. The number of rotatable bonds is 10. The van der Waals surface area contributed by atoms with Gasteiger partial charge in [0.2, 0.25) is 5.91 Å². The van der Waals surface area contributed by atoms with Crippen molar-refractivity contribution < 1.29 is 28.6 Å². The van der Waals surface area contributed by atoms with Gasteiger partial charge in [-0.3, -0.25) is 14.4 Å². The molecule has 3 rings (SSSR count). The van der Waals surface area contributed by atoms with Crippen LogP contribution in [0.3, 0.4) is 0 Å². The van der Waals surface area contributed by atoms with Crippen LogP contribution in [0.25, 0.3) is 0 Å². The van der Waals surface area contributed by atoms with Crippen molar-refractivity contribution in [2.24, 2.45) is 0 Å². The lowest BCUT2D eigenvalue weighted by atomic mass is 10.2. The topological polar surface area (TPSA) is 103 Å². The Bertz CT molecular complexity index is 1180. The molecule has 0 heterocycles. The zero-order valence-electron chi connectivity index (χ0n) is 19.3. The van der Waals surface area contributed by atoms with E-state index in [0.717, 1.165) is 15.8 Å². The maximum absolute atomic E-state index is 12.2. The quantitative estimate of drug-likeness (QED) is 0.331. The van der Waals surface area contributed by atoms with Gasteiger partial charge in [-0.1, -0.05) is 15.9 Å². The number of esters is 1. The fourth-order valence-corrected chi connectivity index (χ4v) is 3.47. The number of ether oxygens (including phenoxy) is 3. The first-order valence-corrected chi connectivity index (χ1v) is 11.5. The van der Waals surface area contributed by atoms with E-state index in [4.69, 9.17) is 14.2 Å². The Morgan fingerprint density at radius 2 is 1.43 bits per heavy atom. The van der Waals surface area contributed by atoms with Gasteiger partial charge in [-0.2, -0.15) is 0 Å². The second kappa shape index (κ2) is 12.6. The summed E-state index contributed by atoms with van der Waals surface area (Å²) < 4.78 is 16.7. The van der Waals surface area contributed by atoms with Crippen LogP contribution in [-0.4, -0.2) is 31.5 Å². The van der Waals surface area contributed by atoms with E-state index in [9.17, 15) is 14.4 Å². The normalized spacial score (nSPS) is 10.3. The van der Waals surface area contributed by atoms with E-state index in [0.29, 0.717) is 22.9 Å². The predicted molar refractivity (Wildman–Crippen MR) is 136 cm³/mol. The monoisotopic (exact) mass is 540 g/mol. The molecule has 0 fully saturated rings. The van der Waals surface area contributed by atoms with Crippen molar-refractivity contribution in [3.8, 4) is 17.2 Å². The Labute approximate surface area is 211 Å². The van der Waals surface area contributed by atoms with Gasteiger partial charge in [0.05, 0.1) is 13.5 Å². The van der Waals surface area contributed by atoms with Crippen molar-refractivity contribution in [2.45, 2.75) is 19.8 Å². The number of amides is 2. The van der Waals surface area contributed by atoms with Crippen molar-refractivity contribution in [1.82, 2.24) is 0 Å². The molecule has 0 unspecified atom stereocenters. The molecular formula is C26H25BrN2O6. The van der Waals surface area contributed by atoms with Gasteiger partial charge in [0.1, 0.15) is 17.2 Å². The average Bonchev–Trinajstić information content (AvgIpc) is 2.85. The molecule has 2 N–H and O–H groups in total. The predicted octanol–water partition coefficient (Wildman–Crippen LogP) is 5.46. The van der Waals surface area contributed by atoms with Crippen LogP contribution in [0.2, 0.25) is 0 Å². The zero-order valence-corrected chi connectivity index (χ0v) is 20.9. The van der Waals surface area contributed by atoms with E-state index in [1.54, 1.807) is 67.8 Å². The fourth-order valence-electron chi connectivity index (χ4n) is 3.00. The molecule has 0 bridgehead atoms. The second-order valence-electron chi connectivity index (χ2n) is 7.52. The summed E-state index contributed by atoms with van der Waals surface area (Å²) in [7, 11) is 1.59. The van der Waals surface area contributed by atoms with Crippen molar-refractivity contribution in [1.29, 1.82) is 0 Å². The third-order valence-corrected chi connectivity index (χ3v) is 5.31. The number of aryl methyl sites for hydroxylation is 1. The lowest BCUT2D eigenvalue weighted by molar-refractivity contribution is -0.147. The fraction of sp³-hybridized carbons (Fsp3) is 0.192. The Balaban J connectivity index is 1.37. The number of methoxy groups -OCH3 is 1. The summed E-state index contributed by atoms with van der Waals surface area (Å²) in [5.74, 6) is 0.561. The molecule has 0 spiro atoms. The molecule has 8 nitrogen and oxygen atoms in total. The summed E-state index contributed by atoms with van der Waals surface area (Å²) in [5.41, 5.74) is 2.07. The lowest BCUT2D eigenvalue weighted by Gasteiger charge is -2.10. The number of hydrogen-bond acceptors (Lipinski definition) is 6. The van der Waals surface area contributed by atoms with Gasteiger partial charge < -0.3 is 24.8 Å². The highest BCUT2D eigenvalue weighted by molar-refractivity contribution is 9.10. The Kier molecular flexibility index (Phi) is 9.25. The van der Waals surface area contributed by atoms with E-state index < -0.39 is 18.5 Å². The minimum absolute atomic E-state index is 0.0730. The highest BCUT2D eigenvalue weighted by atomic mass is 79.9. The van der Waals surface area contributed by atoms with Gasteiger partial charge in [-0.05, 0) is 79.2 Å². The van der Waals surface area contributed by atoms with Gasteiger partial charge in [0, 0.05) is 22.3 Å². The van der Waals surface area contributed by atoms with Crippen molar-refractivity contribution in [3.63, 3.8) is 0 Å². The first-order valence-electron chi connectivity index (χ1n) is 10.8. The van der Waals surface area contributed by atoms with Gasteiger partial charge in [0.25, 0.3) is 5.91 Å². The van der Waals surface area contributed by atoms with Crippen LogP contribution < -0.4 is 20.1 Å². The Hall–Kier alpha value is -3.85. The molecule has 0 aromatic heterocycles. The Morgan fingerprint density at radius 3 is 2.06 bits per heavy atom. The van der Waals surface area contributed by atoms with Gasteiger partial charge in [-0.15, -0.1) is 0 Å². The molecule has 0 radical (unpaired) electrons. The minimum atomic E-state index is -0.633. The SMILES string of the molecule is COc1ccc(Oc2ccc(NC(=O)CCC(=O)OCC(=O)Nc3ccc(Br)cc3C)cc2)cc1. The number of anilines is 2. The molecule has 2 amide bonds. The maximum atomic E-state index is 12.2. The molecule has 0 aliphatic carbocycles. The lowest BCUT2D eigenvalue weighted by Crippen LogP contribution is -2.22. The minimum Gasteiger partial charge on any atom is -0.497 e. The first kappa shape index (κ1) is 25.8. The van der Waals surface area contributed by atoms with Gasteiger partial charge >= 0.3 is 5.97 Å². The third-order valence-electron chi connectivity index (χ3n) is 4.82. The molecule has 0 aliphatic heterocycles. The third kappa shape index (κ3) is 8.46. The number of benzene rings is 3. The van der Waals surface area contributed by atoms with Crippen molar-refractivity contribution >= 4 is 45.1 Å². The number of halogens is 1. The van der Waals surface area contributed by atoms with Crippen LogP contribution >= 0.6 is 15.9 Å². The molecule has 9 heteroatoms. The highest BCUT2D eigenvalue weighted by Gasteiger charge is 2.12. The molecule has 0 aliphatic rings. The first-order chi connectivity index (χ1) is 16.8. The molecule has 0 atom stereocenters. The molecule has 0 saturated heterocycles. The number of nitrogens with one attached hydrogen (secondary N) is 2. The maximum Gasteiger partial charge on any atom is 0.306 e. The van der Waals surface area contributed by atoms with Crippen molar-refractivity contribution in [3.05, 3.63) is 76.8 Å². The molecule has 3 aromatic rings.